The fourth-order valence-corrected chi connectivity index (χ4v) is 1.14. The molecule has 0 saturated carbocycles. The van der Waals surface area contributed by atoms with Crippen molar-refractivity contribution in [2.24, 2.45) is 10.7 Å². The molecule has 0 fully saturated rings. The van der Waals surface area contributed by atoms with Gasteiger partial charge in [-0.3, -0.25) is 4.99 Å². The van der Waals surface area contributed by atoms with Crippen LogP contribution in [0.25, 0.3) is 0 Å². The molecule has 0 bridgehead atoms. The van der Waals surface area contributed by atoms with Gasteiger partial charge in [-0.2, -0.15) is 0 Å². The van der Waals surface area contributed by atoms with Crippen molar-refractivity contribution in [3.63, 3.8) is 0 Å². The topological polar surface area (TPSA) is 59.6 Å². The standard InChI is InChI=1S/C12H27N3O.HI/c1-5-6-9-16-10-7-8-14-11(13)15-12(2,3)4;/h5-10H2,1-4H3,(H3,13,14,15);1H. The number of nitrogens with zero attached hydrogens (tertiary/aromatic N) is 1. The maximum atomic E-state index is 5.72. The van der Waals surface area contributed by atoms with Gasteiger partial charge in [0.05, 0.1) is 0 Å². The minimum atomic E-state index is -0.0226. The Labute approximate surface area is 123 Å². The predicted molar refractivity (Wildman–Crippen MR) is 85.1 cm³/mol. The molecule has 3 N–H and O–H groups in total. The average molecular weight is 357 g/mol. The third kappa shape index (κ3) is 16.0. The second-order valence-electron chi connectivity index (χ2n) is 4.96. The molecule has 0 rings (SSSR count). The van der Waals surface area contributed by atoms with Crippen molar-refractivity contribution < 1.29 is 4.74 Å². The minimum Gasteiger partial charge on any atom is -0.381 e. The molecule has 0 amide bonds. The highest BCUT2D eigenvalue weighted by Gasteiger charge is 2.09. The molecule has 5 heteroatoms. The molecule has 0 aromatic carbocycles. The fourth-order valence-electron chi connectivity index (χ4n) is 1.14. The molecule has 4 nitrogen and oxygen atoms in total. The minimum absolute atomic E-state index is 0. The van der Waals surface area contributed by atoms with E-state index >= 15 is 0 Å². The summed E-state index contributed by atoms with van der Waals surface area (Å²) in [7, 11) is 0. The van der Waals surface area contributed by atoms with Gasteiger partial charge in [-0.1, -0.05) is 13.3 Å². The highest BCUT2D eigenvalue weighted by atomic mass is 127. The lowest BCUT2D eigenvalue weighted by Crippen LogP contribution is -2.45. The maximum absolute atomic E-state index is 5.72. The van der Waals surface area contributed by atoms with E-state index in [4.69, 9.17) is 10.5 Å². The van der Waals surface area contributed by atoms with E-state index in [1.165, 1.54) is 6.42 Å². The number of nitrogens with two attached hydrogens (primary N) is 1. The van der Waals surface area contributed by atoms with Gasteiger partial charge in [0.15, 0.2) is 5.96 Å². The van der Waals surface area contributed by atoms with E-state index in [2.05, 4.69) is 38.0 Å². The van der Waals surface area contributed by atoms with Gasteiger partial charge in [0, 0.05) is 25.3 Å². The second kappa shape index (κ2) is 11.1. The Balaban J connectivity index is 0. The Hall–Kier alpha value is -0.0400. The third-order valence-electron chi connectivity index (χ3n) is 1.87. The van der Waals surface area contributed by atoms with Gasteiger partial charge in [0.2, 0.25) is 0 Å². The van der Waals surface area contributed by atoms with Crippen molar-refractivity contribution in [1.29, 1.82) is 0 Å². The molecule has 0 aliphatic heterocycles. The van der Waals surface area contributed by atoms with Crippen LogP contribution >= 0.6 is 24.0 Å². The van der Waals surface area contributed by atoms with Gasteiger partial charge in [0.25, 0.3) is 0 Å². The molecule has 0 spiro atoms. The molecule has 0 radical (unpaired) electrons. The molecule has 17 heavy (non-hydrogen) atoms. The summed E-state index contributed by atoms with van der Waals surface area (Å²) >= 11 is 0. The second-order valence-corrected chi connectivity index (χ2v) is 4.96. The third-order valence-corrected chi connectivity index (χ3v) is 1.87. The van der Waals surface area contributed by atoms with Crippen molar-refractivity contribution in [3.8, 4) is 0 Å². The number of aliphatic imine (C=N–C) groups is 1. The van der Waals surface area contributed by atoms with Crippen molar-refractivity contribution >= 4 is 29.9 Å². The number of hydrogen-bond donors (Lipinski definition) is 2. The summed E-state index contributed by atoms with van der Waals surface area (Å²) in [5.41, 5.74) is 5.70. The summed E-state index contributed by atoms with van der Waals surface area (Å²) in [6.07, 6.45) is 3.24. The first kappa shape index (κ1) is 19.3. The summed E-state index contributed by atoms with van der Waals surface area (Å²) in [4.78, 5) is 4.23. The van der Waals surface area contributed by atoms with Crippen molar-refractivity contribution in [3.05, 3.63) is 0 Å². The van der Waals surface area contributed by atoms with Gasteiger partial charge < -0.3 is 15.8 Å². The van der Waals surface area contributed by atoms with Crippen LogP contribution in [0.2, 0.25) is 0 Å². The molecule has 0 aromatic rings. The molecule has 0 heterocycles. The summed E-state index contributed by atoms with van der Waals surface area (Å²) < 4.78 is 5.43. The van der Waals surface area contributed by atoms with E-state index < -0.39 is 0 Å². The van der Waals surface area contributed by atoms with Crippen LogP contribution in [0.4, 0.5) is 0 Å². The molecule has 0 aliphatic carbocycles. The lowest BCUT2D eigenvalue weighted by atomic mass is 10.1. The van der Waals surface area contributed by atoms with E-state index in [9.17, 15) is 0 Å². The Kier molecular flexibility index (Phi) is 12.6. The monoisotopic (exact) mass is 357 g/mol. The number of rotatable bonds is 7. The molecule has 0 aromatic heterocycles. The quantitative estimate of drug-likeness (QED) is 0.319. The van der Waals surface area contributed by atoms with Crippen LogP contribution in [-0.4, -0.2) is 31.3 Å². The van der Waals surface area contributed by atoms with Crippen molar-refractivity contribution in [1.82, 2.24) is 5.32 Å². The lowest BCUT2D eigenvalue weighted by molar-refractivity contribution is 0.130. The SMILES string of the molecule is CCCCOCCCN=C(N)NC(C)(C)C.I. The van der Waals surface area contributed by atoms with Crippen LogP contribution in [0.15, 0.2) is 4.99 Å². The summed E-state index contributed by atoms with van der Waals surface area (Å²) in [5.74, 6) is 0.515. The molecule has 0 saturated heterocycles. The van der Waals surface area contributed by atoms with Crippen molar-refractivity contribution in [2.75, 3.05) is 19.8 Å². The normalized spacial score (nSPS) is 12.1. The lowest BCUT2D eigenvalue weighted by Gasteiger charge is -2.20. The summed E-state index contributed by atoms with van der Waals surface area (Å²) in [6.45, 7) is 10.7. The predicted octanol–water partition coefficient (Wildman–Crippen LogP) is 2.51. The highest BCUT2D eigenvalue weighted by Crippen LogP contribution is 1.97. The number of halogens is 1. The molecular weight excluding hydrogens is 329 g/mol. The van der Waals surface area contributed by atoms with Crippen LogP contribution in [-0.2, 0) is 4.74 Å². The average Bonchev–Trinajstić information content (AvgIpc) is 2.13. The highest BCUT2D eigenvalue weighted by molar-refractivity contribution is 14.0. The van der Waals surface area contributed by atoms with Crippen LogP contribution in [0, 0.1) is 0 Å². The number of unbranched alkanes of at least 4 members (excludes halogenated alkanes) is 1. The molecule has 0 atom stereocenters. The Bertz CT molecular complexity index is 202. The molecule has 104 valence electrons. The first-order valence-corrected chi connectivity index (χ1v) is 6.11. The van der Waals surface area contributed by atoms with Gasteiger partial charge in [-0.05, 0) is 33.6 Å². The molecule has 0 aliphatic rings. The van der Waals surface area contributed by atoms with Crippen LogP contribution < -0.4 is 11.1 Å². The smallest absolute Gasteiger partial charge is 0.188 e. The zero-order valence-electron chi connectivity index (χ0n) is 11.6. The van der Waals surface area contributed by atoms with Crippen LogP contribution in [0.5, 0.6) is 0 Å². The number of ether oxygens (including phenoxy) is 1. The molecular formula is C12H28IN3O. The van der Waals surface area contributed by atoms with Crippen LogP contribution in [0.3, 0.4) is 0 Å². The first-order chi connectivity index (χ1) is 7.45. The number of hydrogen-bond acceptors (Lipinski definition) is 2. The Morgan fingerprint density at radius 3 is 2.35 bits per heavy atom. The zero-order chi connectivity index (χ0) is 12.4. The van der Waals surface area contributed by atoms with Gasteiger partial charge in [-0.15, -0.1) is 24.0 Å². The first-order valence-electron chi connectivity index (χ1n) is 6.11. The van der Waals surface area contributed by atoms with Gasteiger partial charge >= 0.3 is 0 Å². The summed E-state index contributed by atoms with van der Waals surface area (Å²) in [6, 6.07) is 0. The van der Waals surface area contributed by atoms with E-state index in [1.54, 1.807) is 0 Å². The van der Waals surface area contributed by atoms with E-state index in [-0.39, 0.29) is 29.5 Å². The largest absolute Gasteiger partial charge is 0.381 e. The molecule has 0 unspecified atom stereocenters. The van der Waals surface area contributed by atoms with E-state index in [0.29, 0.717) is 5.96 Å². The number of guanidine groups is 1. The van der Waals surface area contributed by atoms with Crippen molar-refractivity contribution in [2.45, 2.75) is 52.5 Å². The Morgan fingerprint density at radius 1 is 1.24 bits per heavy atom. The van der Waals surface area contributed by atoms with Gasteiger partial charge in [0.1, 0.15) is 0 Å². The zero-order valence-corrected chi connectivity index (χ0v) is 13.9. The van der Waals surface area contributed by atoms with E-state index in [1.807, 2.05) is 0 Å². The Morgan fingerprint density at radius 2 is 1.82 bits per heavy atom. The number of nitrogens with one attached hydrogen (secondary N) is 1. The van der Waals surface area contributed by atoms with Gasteiger partial charge in [-0.25, -0.2) is 0 Å². The fraction of sp³-hybridized carbons (Fsp3) is 0.917. The van der Waals surface area contributed by atoms with E-state index in [0.717, 1.165) is 32.6 Å². The van der Waals surface area contributed by atoms with Crippen LogP contribution in [0.1, 0.15) is 47.0 Å². The summed E-state index contributed by atoms with van der Waals surface area (Å²) in [5, 5.41) is 3.12. The maximum Gasteiger partial charge on any atom is 0.188 e.